The minimum atomic E-state index is -0.407. The molecular formula is C26H26FN5O2. The van der Waals surface area contributed by atoms with Gasteiger partial charge in [-0.15, -0.1) is 0 Å². The van der Waals surface area contributed by atoms with E-state index in [2.05, 4.69) is 25.5 Å². The fraction of sp³-hybridized carbons (Fsp3) is 0.269. The SMILES string of the molecule is Cc1[nH]c(/C=C2\C(=O)Nc3ccc(F)cc32)c(C)c1C(=O)NC1CCN(c2cccnc2)CC1. The van der Waals surface area contributed by atoms with E-state index in [0.717, 1.165) is 42.9 Å². The van der Waals surface area contributed by atoms with Gasteiger partial charge in [-0.25, -0.2) is 4.39 Å². The van der Waals surface area contributed by atoms with Crippen LogP contribution in [0.1, 0.15) is 45.7 Å². The number of aromatic nitrogens is 2. The number of halogens is 1. The largest absolute Gasteiger partial charge is 0.370 e. The van der Waals surface area contributed by atoms with E-state index < -0.39 is 5.82 Å². The molecular weight excluding hydrogens is 433 g/mol. The number of aryl methyl sites for hydroxylation is 1. The number of amides is 2. The molecule has 7 nitrogen and oxygen atoms in total. The van der Waals surface area contributed by atoms with E-state index >= 15 is 0 Å². The third-order valence-electron chi connectivity index (χ3n) is 6.60. The average molecular weight is 460 g/mol. The highest BCUT2D eigenvalue weighted by molar-refractivity contribution is 6.34. The quantitative estimate of drug-likeness (QED) is 0.514. The second-order valence-corrected chi connectivity index (χ2v) is 8.81. The number of H-pyrrole nitrogens is 1. The molecule has 8 heteroatoms. The van der Waals surface area contributed by atoms with Crippen LogP contribution in [0, 0.1) is 19.7 Å². The first-order chi connectivity index (χ1) is 16.4. The van der Waals surface area contributed by atoms with Crippen LogP contribution in [0.25, 0.3) is 11.6 Å². The van der Waals surface area contributed by atoms with E-state index in [-0.39, 0.29) is 17.9 Å². The highest BCUT2D eigenvalue weighted by Crippen LogP contribution is 2.34. The fourth-order valence-electron chi connectivity index (χ4n) is 4.79. The van der Waals surface area contributed by atoms with Gasteiger partial charge in [0.05, 0.1) is 23.0 Å². The van der Waals surface area contributed by atoms with Gasteiger partial charge < -0.3 is 20.5 Å². The number of nitrogens with zero attached hydrogens (tertiary/aromatic N) is 2. The van der Waals surface area contributed by atoms with Crippen molar-refractivity contribution in [3.8, 4) is 0 Å². The minimum absolute atomic E-state index is 0.0892. The van der Waals surface area contributed by atoms with Crippen LogP contribution in [0.5, 0.6) is 0 Å². The van der Waals surface area contributed by atoms with E-state index in [4.69, 9.17) is 0 Å². The zero-order valence-corrected chi connectivity index (χ0v) is 19.1. The molecule has 34 heavy (non-hydrogen) atoms. The first-order valence-electron chi connectivity index (χ1n) is 11.4. The molecule has 0 unspecified atom stereocenters. The summed E-state index contributed by atoms with van der Waals surface area (Å²) in [6.45, 7) is 5.40. The van der Waals surface area contributed by atoms with Crippen LogP contribution in [0.3, 0.4) is 0 Å². The van der Waals surface area contributed by atoms with Gasteiger partial charge in [-0.1, -0.05) is 0 Å². The van der Waals surface area contributed by atoms with E-state index in [0.29, 0.717) is 28.1 Å². The van der Waals surface area contributed by atoms with Crippen LogP contribution in [0.15, 0.2) is 42.7 Å². The van der Waals surface area contributed by atoms with Crippen molar-refractivity contribution in [1.29, 1.82) is 0 Å². The Morgan fingerprint density at radius 2 is 2.03 bits per heavy atom. The maximum Gasteiger partial charge on any atom is 0.256 e. The first-order valence-corrected chi connectivity index (χ1v) is 11.4. The predicted octanol–water partition coefficient (Wildman–Crippen LogP) is 4.06. The summed E-state index contributed by atoms with van der Waals surface area (Å²) < 4.78 is 13.8. The van der Waals surface area contributed by atoms with Crippen LogP contribution in [0.2, 0.25) is 0 Å². The van der Waals surface area contributed by atoms with Gasteiger partial charge >= 0.3 is 0 Å². The smallest absolute Gasteiger partial charge is 0.256 e. The molecule has 2 aromatic heterocycles. The number of benzene rings is 1. The molecule has 1 aromatic carbocycles. The monoisotopic (exact) mass is 459 g/mol. The van der Waals surface area contributed by atoms with Gasteiger partial charge in [0.15, 0.2) is 0 Å². The summed E-state index contributed by atoms with van der Waals surface area (Å²) in [6.07, 6.45) is 7.01. The van der Waals surface area contributed by atoms with Crippen molar-refractivity contribution in [3.05, 3.63) is 76.6 Å². The third kappa shape index (κ3) is 4.07. The number of carbonyl (C=O) groups excluding carboxylic acids is 2. The Balaban J connectivity index is 1.31. The first kappa shape index (κ1) is 21.9. The van der Waals surface area contributed by atoms with E-state index in [1.807, 2.05) is 32.2 Å². The highest BCUT2D eigenvalue weighted by Gasteiger charge is 2.27. The number of fused-ring (bicyclic) bond motifs is 1. The van der Waals surface area contributed by atoms with Crippen molar-refractivity contribution in [2.45, 2.75) is 32.7 Å². The van der Waals surface area contributed by atoms with E-state index in [1.165, 1.54) is 12.1 Å². The molecule has 0 aliphatic carbocycles. The van der Waals surface area contributed by atoms with Crippen molar-refractivity contribution in [1.82, 2.24) is 15.3 Å². The number of carbonyl (C=O) groups is 2. The van der Waals surface area contributed by atoms with Crippen molar-refractivity contribution in [3.63, 3.8) is 0 Å². The average Bonchev–Trinajstić information content (AvgIpc) is 3.29. The number of hydrogen-bond acceptors (Lipinski definition) is 4. The highest BCUT2D eigenvalue weighted by atomic mass is 19.1. The topological polar surface area (TPSA) is 90.1 Å². The van der Waals surface area contributed by atoms with Crippen molar-refractivity contribution in [2.75, 3.05) is 23.3 Å². The summed E-state index contributed by atoms with van der Waals surface area (Å²) in [7, 11) is 0. The summed E-state index contributed by atoms with van der Waals surface area (Å²) in [6, 6.07) is 8.27. The molecule has 4 heterocycles. The molecule has 2 aliphatic rings. The number of piperidine rings is 1. The number of aromatic amines is 1. The van der Waals surface area contributed by atoms with Crippen LogP contribution in [-0.2, 0) is 4.79 Å². The summed E-state index contributed by atoms with van der Waals surface area (Å²) in [5.74, 6) is -0.827. The number of nitrogens with one attached hydrogen (secondary N) is 3. The summed E-state index contributed by atoms with van der Waals surface area (Å²) in [5.41, 5.74) is 5.29. The van der Waals surface area contributed by atoms with Gasteiger partial charge in [0.2, 0.25) is 0 Å². The summed E-state index contributed by atoms with van der Waals surface area (Å²) in [5, 5.41) is 5.93. The Kier molecular flexibility index (Phi) is 5.65. The Morgan fingerprint density at radius 1 is 1.24 bits per heavy atom. The lowest BCUT2D eigenvalue weighted by Crippen LogP contribution is -2.45. The number of hydrogen-bond donors (Lipinski definition) is 3. The number of anilines is 2. The molecule has 3 aromatic rings. The molecule has 174 valence electrons. The van der Waals surface area contributed by atoms with Crippen LogP contribution >= 0.6 is 0 Å². The van der Waals surface area contributed by atoms with Crippen LogP contribution < -0.4 is 15.5 Å². The summed E-state index contributed by atoms with van der Waals surface area (Å²) in [4.78, 5) is 35.3. The number of pyridine rings is 1. The molecule has 3 N–H and O–H groups in total. The van der Waals surface area contributed by atoms with Crippen molar-refractivity contribution < 1.29 is 14.0 Å². The Hall–Kier alpha value is -3.94. The predicted molar refractivity (Wildman–Crippen MR) is 130 cm³/mol. The van der Waals surface area contributed by atoms with Crippen molar-refractivity contribution >= 4 is 34.8 Å². The zero-order chi connectivity index (χ0) is 23.8. The molecule has 0 saturated carbocycles. The normalized spacial score (nSPS) is 17.1. The maximum absolute atomic E-state index is 13.8. The van der Waals surface area contributed by atoms with Crippen LogP contribution in [0.4, 0.5) is 15.8 Å². The van der Waals surface area contributed by atoms with Crippen LogP contribution in [-0.4, -0.2) is 40.9 Å². The van der Waals surface area contributed by atoms with E-state index in [1.54, 1.807) is 18.3 Å². The third-order valence-corrected chi connectivity index (χ3v) is 6.60. The lowest BCUT2D eigenvalue weighted by atomic mass is 10.0. The molecule has 2 aliphatic heterocycles. The fourth-order valence-corrected chi connectivity index (χ4v) is 4.79. The molecule has 0 atom stereocenters. The molecule has 5 rings (SSSR count). The standard InChI is InChI=1S/C26H26FN5O2/c1-15-23(13-21-20-12-17(27)5-6-22(20)31-25(21)33)29-16(2)24(15)26(34)30-18-7-10-32(11-8-18)19-4-3-9-28-14-19/h3-6,9,12-14,18,29H,7-8,10-11H2,1-2H3,(H,30,34)(H,31,33)/b21-13-. The molecule has 0 radical (unpaired) electrons. The van der Waals surface area contributed by atoms with E-state index in [9.17, 15) is 14.0 Å². The van der Waals surface area contributed by atoms with Gasteiger partial charge in [-0.05, 0) is 68.7 Å². The number of rotatable bonds is 4. The maximum atomic E-state index is 13.8. The molecule has 0 bridgehead atoms. The second kappa shape index (κ2) is 8.78. The van der Waals surface area contributed by atoms with Gasteiger partial charge in [-0.3, -0.25) is 14.6 Å². The Bertz CT molecular complexity index is 1290. The lowest BCUT2D eigenvalue weighted by Gasteiger charge is -2.33. The molecule has 1 saturated heterocycles. The summed E-state index contributed by atoms with van der Waals surface area (Å²) >= 11 is 0. The molecule has 2 amide bonds. The molecule has 0 spiro atoms. The van der Waals surface area contributed by atoms with Gasteiger partial charge in [0, 0.05) is 48.0 Å². The minimum Gasteiger partial charge on any atom is -0.370 e. The van der Waals surface area contributed by atoms with Crippen molar-refractivity contribution in [2.24, 2.45) is 0 Å². The Morgan fingerprint density at radius 3 is 2.76 bits per heavy atom. The van der Waals surface area contributed by atoms with Gasteiger partial charge in [-0.2, -0.15) is 0 Å². The molecule has 1 fully saturated rings. The Labute approximate surface area is 197 Å². The second-order valence-electron chi connectivity index (χ2n) is 8.81. The lowest BCUT2D eigenvalue weighted by molar-refractivity contribution is -0.110. The van der Waals surface area contributed by atoms with Gasteiger partial charge in [0.25, 0.3) is 11.8 Å². The zero-order valence-electron chi connectivity index (χ0n) is 19.1. The van der Waals surface area contributed by atoms with Gasteiger partial charge in [0.1, 0.15) is 5.82 Å².